The van der Waals surface area contributed by atoms with Crippen LogP contribution in [-0.2, 0) is 13.1 Å². The number of carbonyl (C=O) groups excluding carboxylic acids is 1. The molecular weight excluding hydrogens is 581 g/mol. The maximum atomic E-state index is 13.1. The standard InChI is InChI=1S/C26H22ClF3N8O4/c1-15(19-10-11-42-35-19)32-24(40)18-4-2-3-5-20(18)38-14-31-22(33-38)13-37-25(41)36(12-21(39)26(28,29)30)23(34-37)16-6-8-17(27)9-7-16/h2-11,14-15,21,39H,12-13H2,1H3,(H,32,40)/t15?,21-/m0/s1. The highest BCUT2D eigenvalue weighted by Gasteiger charge is 2.39. The molecule has 0 saturated carbocycles. The first-order valence-electron chi connectivity index (χ1n) is 12.4. The van der Waals surface area contributed by atoms with Gasteiger partial charge in [-0.05, 0) is 43.3 Å². The molecule has 3 heterocycles. The molecule has 5 rings (SSSR count). The molecule has 0 aliphatic heterocycles. The van der Waals surface area contributed by atoms with Crippen LogP contribution in [0.25, 0.3) is 17.1 Å². The Hall–Kier alpha value is -4.76. The van der Waals surface area contributed by atoms with E-state index < -0.39 is 36.5 Å². The first-order valence-corrected chi connectivity index (χ1v) is 12.8. The van der Waals surface area contributed by atoms with Crippen LogP contribution >= 0.6 is 11.6 Å². The highest BCUT2D eigenvalue weighted by atomic mass is 35.5. The topological polar surface area (TPSA) is 146 Å². The lowest BCUT2D eigenvalue weighted by molar-refractivity contribution is -0.207. The predicted molar refractivity (Wildman–Crippen MR) is 142 cm³/mol. The molecule has 16 heteroatoms. The summed E-state index contributed by atoms with van der Waals surface area (Å²) in [6.07, 6.45) is -5.02. The van der Waals surface area contributed by atoms with Crippen molar-refractivity contribution in [1.29, 1.82) is 0 Å². The van der Waals surface area contributed by atoms with Crippen LogP contribution in [0.3, 0.4) is 0 Å². The fourth-order valence-corrected chi connectivity index (χ4v) is 4.20. The van der Waals surface area contributed by atoms with Gasteiger partial charge >= 0.3 is 11.9 Å². The molecule has 2 aromatic carbocycles. The van der Waals surface area contributed by atoms with Gasteiger partial charge in [0.05, 0.1) is 23.8 Å². The zero-order chi connectivity index (χ0) is 30.0. The van der Waals surface area contributed by atoms with Gasteiger partial charge in [-0.15, -0.1) is 10.2 Å². The zero-order valence-corrected chi connectivity index (χ0v) is 22.5. The van der Waals surface area contributed by atoms with Crippen LogP contribution in [0.2, 0.25) is 5.02 Å². The molecular formula is C26H22ClF3N8O4. The Labute approximate surface area is 240 Å². The van der Waals surface area contributed by atoms with Gasteiger partial charge in [0.2, 0.25) is 0 Å². The molecule has 0 radical (unpaired) electrons. The molecule has 42 heavy (non-hydrogen) atoms. The third-order valence-corrected chi connectivity index (χ3v) is 6.49. The molecule has 0 fully saturated rings. The number of para-hydroxylation sites is 1. The van der Waals surface area contributed by atoms with Gasteiger partial charge in [-0.1, -0.05) is 28.9 Å². The maximum Gasteiger partial charge on any atom is 0.416 e. The summed E-state index contributed by atoms with van der Waals surface area (Å²) < 4.78 is 47.2. The number of benzene rings is 2. The summed E-state index contributed by atoms with van der Waals surface area (Å²) in [4.78, 5) is 30.4. The Morgan fingerprint density at radius 2 is 1.86 bits per heavy atom. The van der Waals surface area contributed by atoms with Crippen LogP contribution < -0.4 is 11.0 Å². The summed E-state index contributed by atoms with van der Waals surface area (Å²) >= 11 is 5.92. The molecule has 2 N–H and O–H groups in total. The van der Waals surface area contributed by atoms with Crippen molar-refractivity contribution >= 4 is 17.5 Å². The van der Waals surface area contributed by atoms with Crippen molar-refractivity contribution in [2.75, 3.05) is 0 Å². The average molecular weight is 603 g/mol. The third kappa shape index (κ3) is 6.11. The second-order valence-corrected chi connectivity index (χ2v) is 9.62. The second kappa shape index (κ2) is 11.6. The van der Waals surface area contributed by atoms with Gasteiger partial charge in [0.1, 0.15) is 24.8 Å². The Morgan fingerprint density at radius 3 is 2.55 bits per heavy atom. The van der Waals surface area contributed by atoms with Gasteiger partial charge in [-0.2, -0.15) is 13.2 Å². The molecule has 0 spiro atoms. The minimum absolute atomic E-state index is 0.0898. The van der Waals surface area contributed by atoms with E-state index in [9.17, 15) is 27.9 Å². The van der Waals surface area contributed by atoms with Crippen LogP contribution in [0.15, 0.2) is 76.5 Å². The van der Waals surface area contributed by atoms with Crippen molar-refractivity contribution in [3.05, 3.63) is 99.8 Å². The molecule has 0 bridgehead atoms. The Morgan fingerprint density at radius 1 is 1.12 bits per heavy atom. The largest absolute Gasteiger partial charge is 0.416 e. The Balaban J connectivity index is 1.43. The number of hydrogen-bond acceptors (Lipinski definition) is 8. The highest BCUT2D eigenvalue weighted by Crippen LogP contribution is 2.24. The fraction of sp³-hybridized carbons (Fsp3) is 0.231. The summed E-state index contributed by atoms with van der Waals surface area (Å²) in [6, 6.07) is 13.8. The van der Waals surface area contributed by atoms with Crippen LogP contribution in [-0.4, -0.2) is 57.6 Å². The van der Waals surface area contributed by atoms with E-state index in [1.165, 1.54) is 41.5 Å². The number of aliphatic hydroxyl groups is 1. The van der Waals surface area contributed by atoms with Crippen molar-refractivity contribution < 1.29 is 27.6 Å². The van der Waals surface area contributed by atoms with Crippen molar-refractivity contribution in [2.45, 2.75) is 38.3 Å². The normalized spacial score (nSPS) is 13.2. The second-order valence-electron chi connectivity index (χ2n) is 9.18. The number of aromatic nitrogens is 7. The number of rotatable bonds is 9. The van der Waals surface area contributed by atoms with Crippen LogP contribution in [0.1, 0.15) is 34.8 Å². The van der Waals surface area contributed by atoms with Gasteiger partial charge < -0.3 is 14.9 Å². The Bertz CT molecular complexity index is 1750. The quantitative estimate of drug-likeness (QED) is 0.261. The SMILES string of the molecule is CC(NC(=O)c1ccccc1-n1cnc(Cn2nc(-c3ccc(Cl)cc3)n(C[C@H](O)C(F)(F)F)c2=O)n1)c1ccon1. The van der Waals surface area contributed by atoms with Crippen LogP contribution in [0, 0.1) is 0 Å². The number of nitrogens with zero attached hydrogens (tertiary/aromatic N) is 7. The number of alkyl halides is 3. The lowest BCUT2D eigenvalue weighted by atomic mass is 10.1. The molecule has 0 aliphatic rings. The van der Waals surface area contributed by atoms with E-state index in [1.54, 1.807) is 37.3 Å². The molecule has 1 amide bonds. The summed E-state index contributed by atoms with van der Waals surface area (Å²) in [5.41, 5.74) is 0.588. The number of halogens is 4. The molecule has 5 aromatic rings. The smallest absolute Gasteiger partial charge is 0.382 e. The zero-order valence-electron chi connectivity index (χ0n) is 21.7. The molecule has 3 aromatic heterocycles. The lowest BCUT2D eigenvalue weighted by Gasteiger charge is -2.15. The van der Waals surface area contributed by atoms with Gasteiger partial charge in [-0.3, -0.25) is 9.36 Å². The van der Waals surface area contributed by atoms with Gasteiger partial charge in [0, 0.05) is 16.7 Å². The minimum atomic E-state index is -4.95. The van der Waals surface area contributed by atoms with E-state index in [2.05, 4.69) is 25.7 Å². The van der Waals surface area contributed by atoms with Crippen LogP contribution in [0.4, 0.5) is 13.2 Å². The summed E-state index contributed by atoms with van der Waals surface area (Å²) in [5, 5.41) is 25.3. The van der Waals surface area contributed by atoms with Crippen molar-refractivity contribution in [1.82, 2.24) is 39.6 Å². The monoisotopic (exact) mass is 602 g/mol. The van der Waals surface area contributed by atoms with E-state index in [4.69, 9.17) is 16.1 Å². The minimum Gasteiger partial charge on any atom is -0.382 e. The fourth-order valence-electron chi connectivity index (χ4n) is 4.08. The number of amides is 1. The number of hydrogen-bond donors (Lipinski definition) is 2. The first-order chi connectivity index (χ1) is 20.0. The first kappa shape index (κ1) is 28.8. The summed E-state index contributed by atoms with van der Waals surface area (Å²) in [5.74, 6) is -0.432. The number of nitrogens with one attached hydrogen (secondary N) is 1. The molecule has 12 nitrogen and oxygen atoms in total. The summed E-state index contributed by atoms with van der Waals surface area (Å²) in [6.45, 7) is 0.366. The molecule has 2 atom stereocenters. The van der Waals surface area contributed by atoms with Gasteiger partial charge in [0.15, 0.2) is 17.8 Å². The molecule has 0 saturated heterocycles. The van der Waals surface area contributed by atoms with E-state index >= 15 is 0 Å². The van der Waals surface area contributed by atoms with Gasteiger partial charge in [0.25, 0.3) is 5.91 Å². The molecule has 0 aliphatic carbocycles. The Kier molecular flexibility index (Phi) is 7.95. The van der Waals surface area contributed by atoms with E-state index in [-0.39, 0.29) is 23.8 Å². The van der Waals surface area contributed by atoms with Gasteiger partial charge in [-0.25, -0.2) is 19.1 Å². The highest BCUT2D eigenvalue weighted by molar-refractivity contribution is 6.30. The maximum absolute atomic E-state index is 13.1. The molecule has 218 valence electrons. The number of aliphatic hydroxyl groups excluding tert-OH is 1. The van der Waals surface area contributed by atoms with Crippen molar-refractivity contribution in [3.63, 3.8) is 0 Å². The number of carbonyl (C=O) groups is 1. The van der Waals surface area contributed by atoms with E-state index in [0.29, 0.717) is 22.0 Å². The molecule has 1 unspecified atom stereocenters. The lowest BCUT2D eigenvalue weighted by Crippen LogP contribution is -2.37. The summed E-state index contributed by atoms with van der Waals surface area (Å²) in [7, 11) is 0. The average Bonchev–Trinajstić information content (AvgIpc) is 3.72. The van der Waals surface area contributed by atoms with Crippen LogP contribution in [0.5, 0.6) is 0 Å². The third-order valence-electron chi connectivity index (χ3n) is 6.23. The predicted octanol–water partition coefficient (Wildman–Crippen LogP) is 3.40. The van der Waals surface area contributed by atoms with E-state index in [1.807, 2.05) is 0 Å². The van der Waals surface area contributed by atoms with Crippen molar-refractivity contribution in [3.8, 4) is 17.1 Å². The van der Waals surface area contributed by atoms with E-state index in [0.717, 1.165) is 9.25 Å². The van der Waals surface area contributed by atoms with Crippen molar-refractivity contribution in [2.24, 2.45) is 0 Å².